The Hall–Kier alpha value is -1.83. The van der Waals surface area contributed by atoms with Gasteiger partial charge in [-0.15, -0.1) is 0 Å². The lowest BCUT2D eigenvalue weighted by Crippen LogP contribution is -2.36. The third-order valence-corrected chi connectivity index (χ3v) is 2.40. The molecule has 1 fully saturated rings. The van der Waals surface area contributed by atoms with Gasteiger partial charge < -0.3 is 9.47 Å². The number of amides is 2. The minimum absolute atomic E-state index is 0.458. The number of nitrogens with one attached hydrogen (secondary N) is 2. The molecule has 0 spiro atoms. The third-order valence-electron chi connectivity index (χ3n) is 2.40. The number of hydrogen-bond acceptors (Lipinski definition) is 6. The molecule has 1 saturated carbocycles. The molecule has 1 aliphatic rings. The van der Waals surface area contributed by atoms with Crippen LogP contribution in [0, 0.1) is 0 Å². The maximum Gasteiger partial charge on any atom is 0.428 e. The monoisotopic (exact) mass is 330 g/mol. The molecule has 4 N–H and O–H groups in total. The Bertz CT molecular complexity index is 414. The van der Waals surface area contributed by atoms with Crippen LogP contribution in [0.3, 0.4) is 0 Å². The van der Waals surface area contributed by atoms with Crippen molar-refractivity contribution in [3.63, 3.8) is 0 Å². The van der Waals surface area contributed by atoms with E-state index in [0.29, 0.717) is 0 Å². The lowest BCUT2D eigenvalue weighted by molar-refractivity contribution is 0.0517. The molecule has 1 aliphatic carbocycles. The molecule has 0 aromatic rings. The van der Waals surface area contributed by atoms with Crippen molar-refractivity contribution < 1.29 is 19.1 Å². The normalized spacial score (nSPS) is 14.3. The molecule has 8 heteroatoms. The zero-order chi connectivity index (χ0) is 18.1. The molecular weight excluding hydrogens is 300 g/mol. The lowest BCUT2D eigenvalue weighted by Gasteiger charge is -2.18. The highest BCUT2D eigenvalue weighted by atomic mass is 16.6. The summed E-state index contributed by atoms with van der Waals surface area (Å²) in [7, 11) is 0. The highest BCUT2D eigenvalue weighted by molar-refractivity contribution is 5.86. The molecule has 2 amide bonds. The van der Waals surface area contributed by atoms with Crippen LogP contribution in [0.5, 0.6) is 0 Å². The van der Waals surface area contributed by atoms with E-state index >= 15 is 0 Å². The predicted octanol–water partition coefficient (Wildman–Crippen LogP) is 2.83. The summed E-state index contributed by atoms with van der Waals surface area (Å²) >= 11 is 0. The first-order valence-corrected chi connectivity index (χ1v) is 7.67. The molecular formula is C15H30N4O4. The van der Waals surface area contributed by atoms with E-state index in [1.165, 1.54) is 12.8 Å². The van der Waals surface area contributed by atoms with Crippen LogP contribution >= 0.6 is 0 Å². The van der Waals surface area contributed by atoms with Crippen LogP contribution in [0.4, 0.5) is 9.59 Å². The fourth-order valence-corrected chi connectivity index (χ4v) is 1.63. The van der Waals surface area contributed by atoms with Gasteiger partial charge in [0.05, 0.1) is 0 Å². The van der Waals surface area contributed by atoms with E-state index in [1.807, 2.05) is 26.2 Å². The SMILES string of the molecule is CC(C)(C)OC(=O)NN.CC(C)(C)OC(=O)NN=C1CCCC1. The number of hydrazone groups is 1. The molecule has 0 radical (unpaired) electrons. The van der Waals surface area contributed by atoms with Gasteiger partial charge in [-0.3, -0.25) is 5.43 Å². The molecule has 134 valence electrons. The zero-order valence-corrected chi connectivity index (χ0v) is 15.0. The number of carbonyl (C=O) groups excluding carboxylic acids is 2. The van der Waals surface area contributed by atoms with Crippen molar-refractivity contribution in [3.8, 4) is 0 Å². The second-order valence-electron chi connectivity index (χ2n) is 7.15. The number of nitrogens with two attached hydrogens (primary N) is 1. The van der Waals surface area contributed by atoms with E-state index in [-0.39, 0.29) is 0 Å². The Kier molecular flexibility index (Phi) is 8.60. The van der Waals surface area contributed by atoms with Crippen molar-refractivity contribution in [2.45, 2.75) is 78.4 Å². The summed E-state index contributed by atoms with van der Waals surface area (Å²) in [5.41, 5.74) is 4.41. The molecule has 0 unspecified atom stereocenters. The van der Waals surface area contributed by atoms with Gasteiger partial charge in [0.1, 0.15) is 11.2 Å². The largest absolute Gasteiger partial charge is 0.443 e. The fourth-order valence-electron chi connectivity index (χ4n) is 1.63. The third kappa shape index (κ3) is 13.5. The maximum atomic E-state index is 11.2. The van der Waals surface area contributed by atoms with Gasteiger partial charge in [0.2, 0.25) is 0 Å². The molecule has 23 heavy (non-hydrogen) atoms. The minimum Gasteiger partial charge on any atom is -0.443 e. The second kappa shape index (κ2) is 9.34. The summed E-state index contributed by atoms with van der Waals surface area (Å²) in [6.07, 6.45) is 3.26. The quantitative estimate of drug-likeness (QED) is 0.388. The van der Waals surface area contributed by atoms with Gasteiger partial charge in [0.25, 0.3) is 0 Å². The molecule has 0 atom stereocenters. The van der Waals surface area contributed by atoms with E-state index in [0.717, 1.165) is 18.6 Å². The fraction of sp³-hybridized carbons (Fsp3) is 0.800. The summed E-state index contributed by atoms with van der Waals surface area (Å²) in [6, 6.07) is 0. The van der Waals surface area contributed by atoms with Crippen molar-refractivity contribution in [3.05, 3.63) is 0 Å². The summed E-state index contributed by atoms with van der Waals surface area (Å²) in [4.78, 5) is 21.5. The van der Waals surface area contributed by atoms with Gasteiger partial charge in [0, 0.05) is 5.71 Å². The van der Waals surface area contributed by atoms with Crippen LogP contribution in [0.1, 0.15) is 67.2 Å². The first-order chi connectivity index (χ1) is 10.4. The van der Waals surface area contributed by atoms with Crippen molar-refractivity contribution in [2.24, 2.45) is 10.9 Å². The minimum atomic E-state index is -0.609. The van der Waals surface area contributed by atoms with Crippen LogP contribution in [0.2, 0.25) is 0 Å². The van der Waals surface area contributed by atoms with E-state index in [1.54, 1.807) is 20.8 Å². The standard InChI is InChI=1S/C10H18N2O2.C5H12N2O2/c1-10(2,3)14-9(13)12-11-8-6-4-5-7-8;1-5(2,3)9-4(8)7-6/h4-7H2,1-3H3,(H,12,13);6H2,1-3H3,(H,7,8). The van der Waals surface area contributed by atoms with Crippen LogP contribution < -0.4 is 16.7 Å². The Labute approximate surface area is 138 Å². The highest BCUT2D eigenvalue weighted by Gasteiger charge is 2.16. The number of hydrazine groups is 1. The number of carbonyl (C=O) groups is 2. The highest BCUT2D eigenvalue weighted by Crippen LogP contribution is 2.14. The van der Waals surface area contributed by atoms with Gasteiger partial charge in [0.15, 0.2) is 0 Å². The number of nitrogens with zero attached hydrogens (tertiary/aromatic N) is 1. The van der Waals surface area contributed by atoms with E-state index in [2.05, 4.69) is 10.5 Å². The topological polar surface area (TPSA) is 115 Å². The Morgan fingerprint density at radius 1 is 0.957 bits per heavy atom. The Morgan fingerprint density at radius 2 is 1.39 bits per heavy atom. The zero-order valence-electron chi connectivity index (χ0n) is 15.0. The molecule has 8 nitrogen and oxygen atoms in total. The summed E-state index contributed by atoms with van der Waals surface area (Å²) in [5, 5.41) is 4.00. The average molecular weight is 330 g/mol. The van der Waals surface area contributed by atoms with Crippen LogP contribution in [-0.4, -0.2) is 29.1 Å². The Balaban J connectivity index is 0.000000468. The van der Waals surface area contributed by atoms with Crippen molar-refractivity contribution in [1.82, 2.24) is 10.9 Å². The molecule has 0 aliphatic heterocycles. The van der Waals surface area contributed by atoms with Crippen LogP contribution in [0.15, 0.2) is 5.10 Å². The molecule has 0 saturated heterocycles. The van der Waals surface area contributed by atoms with E-state index < -0.39 is 23.4 Å². The van der Waals surface area contributed by atoms with Crippen LogP contribution in [-0.2, 0) is 9.47 Å². The Morgan fingerprint density at radius 3 is 1.74 bits per heavy atom. The number of ether oxygens (including phenoxy) is 2. The summed E-state index contributed by atoms with van der Waals surface area (Å²) < 4.78 is 9.75. The van der Waals surface area contributed by atoms with Crippen molar-refractivity contribution in [1.29, 1.82) is 0 Å². The molecule has 0 bridgehead atoms. The first-order valence-electron chi connectivity index (χ1n) is 7.67. The predicted molar refractivity (Wildman–Crippen MR) is 88.8 cm³/mol. The van der Waals surface area contributed by atoms with E-state index in [4.69, 9.17) is 15.3 Å². The maximum absolute atomic E-state index is 11.2. The smallest absolute Gasteiger partial charge is 0.428 e. The molecule has 0 aromatic carbocycles. The lowest BCUT2D eigenvalue weighted by atomic mass is 10.2. The van der Waals surface area contributed by atoms with Crippen LogP contribution in [0.25, 0.3) is 0 Å². The molecule has 0 aromatic heterocycles. The van der Waals surface area contributed by atoms with Gasteiger partial charge in [-0.25, -0.2) is 20.9 Å². The van der Waals surface area contributed by atoms with Gasteiger partial charge in [-0.1, -0.05) is 0 Å². The number of hydrogen-bond donors (Lipinski definition) is 3. The summed E-state index contributed by atoms with van der Waals surface area (Å²) in [5.74, 6) is 4.75. The van der Waals surface area contributed by atoms with E-state index in [9.17, 15) is 9.59 Å². The van der Waals surface area contributed by atoms with Gasteiger partial charge in [-0.2, -0.15) is 5.10 Å². The van der Waals surface area contributed by atoms with Gasteiger partial charge >= 0.3 is 12.2 Å². The van der Waals surface area contributed by atoms with Crippen molar-refractivity contribution >= 4 is 17.9 Å². The first kappa shape index (κ1) is 21.2. The van der Waals surface area contributed by atoms with Crippen molar-refractivity contribution in [2.75, 3.05) is 0 Å². The molecule has 1 rings (SSSR count). The summed E-state index contributed by atoms with van der Waals surface area (Å²) in [6.45, 7) is 10.8. The second-order valence-corrected chi connectivity index (χ2v) is 7.15. The molecule has 0 heterocycles. The van der Waals surface area contributed by atoms with Gasteiger partial charge in [-0.05, 0) is 67.2 Å². The number of rotatable bonds is 1. The average Bonchev–Trinajstić information content (AvgIpc) is 2.86.